The number of unbranched alkanes of at least 4 members (excludes halogenated alkanes) is 4. The number of esters is 2. The second-order valence-electron chi connectivity index (χ2n) is 7.86. The minimum Gasteiger partial charge on any atom is -0.462 e. The summed E-state index contributed by atoms with van der Waals surface area (Å²) < 4.78 is 10.9. The molecule has 0 rings (SSSR count). The molecule has 0 saturated carbocycles. The zero-order valence-electron chi connectivity index (χ0n) is 17.9. The molecule has 0 aliphatic carbocycles. The Morgan fingerprint density at radius 3 is 1.27 bits per heavy atom. The molecule has 0 aromatic rings. The van der Waals surface area contributed by atoms with Crippen LogP contribution in [0.1, 0.15) is 92.9 Å². The molecule has 0 aliphatic heterocycles. The van der Waals surface area contributed by atoms with Crippen molar-refractivity contribution >= 4 is 11.9 Å². The van der Waals surface area contributed by atoms with Crippen LogP contribution in [0.2, 0.25) is 0 Å². The van der Waals surface area contributed by atoms with Crippen LogP contribution < -0.4 is 0 Å². The van der Waals surface area contributed by atoms with E-state index in [1.54, 1.807) is 0 Å². The molecule has 0 saturated heterocycles. The smallest absolute Gasteiger partial charge is 0.334 e. The molecule has 0 aromatic heterocycles. The average Bonchev–Trinajstić information content (AvgIpc) is 2.59. The Bertz CT molecular complexity index is 395. The molecule has 0 N–H and O–H groups in total. The Morgan fingerprint density at radius 2 is 1.00 bits per heavy atom. The van der Waals surface area contributed by atoms with Crippen molar-refractivity contribution in [3.05, 3.63) is 11.1 Å². The molecule has 0 aromatic carbocycles. The number of carbonyl (C=O) groups excluding carboxylic acids is 2. The summed E-state index contributed by atoms with van der Waals surface area (Å²) in [4.78, 5) is 25.3. The normalized spacial score (nSPS) is 12.3. The zero-order valence-corrected chi connectivity index (χ0v) is 17.9. The number of hydrogen-bond acceptors (Lipinski definition) is 4. The summed E-state index contributed by atoms with van der Waals surface area (Å²) in [6, 6.07) is 0. The topological polar surface area (TPSA) is 52.6 Å². The lowest BCUT2D eigenvalue weighted by atomic mass is 9.97. The van der Waals surface area contributed by atoms with Gasteiger partial charge < -0.3 is 9.47 Å². The van der Waals surface area contributed by atoms with Crippen LogP contribution in [0, 0.1) is 11.8 Å². The summed E-state index contributed by atoms with van der Waals surface area (Å²) in [6.07, 6.45) is 7.14. The van der Waals surface area contributed by atoms with Crippen LogP contribution in [0.3, 0.4) is 0 Å². The van der Waals surface area contributed by atoms with Gasteiger partial charge in [0.05, 0.1) is 13.2 Å². The first-order valence-electron chi connectivity index (χ1n) is 10.4. The number of ether oxygens (including phenoxy) is 2. The molecule has 152 valence electrons. The summed E-state index contributed by atoms with van der Waals surface area (Å²) in [6.45, 7) is 13.0. The Kier molecular flexibility index (Phi) is 14.1. The van der Waals surface area contributed by atoms with E-state index >= 15 is 0 Å². The van der Waals surface area contributed by atoms with Gasteiger partial charge in [0.1, 0.15) is 0 Å². The van der Waals surface area contributed by atoms with Gasteiger partial charge in [0.25, 0.3) is 0 Å². The first-order valence-corrected chi connectivity index (χ1v) is 10.4. The molecule has 26 heavy (non-hydrogen) atoms. The molecule has 0 spiro atoms. The van der Waals surface area contributed by atoms with Crippen molar-refractivity contribution in [1.82, 2.24) is 0 Å². The molecule has 0 heterocycles. The van der Waals surface area contributed by atoms with E-state index in [1.165, 1.54) is 0 Å². The van der Waals surface area contributed by atoms with Gasteiger partial charge in [0, 0.05) is 11.1 Å². The van der Waals surface area contributed by atoms with E-state index in [0.717, 1.165) is 38.5 Å². The van der Waals surface area contributed by atoms with Crippen molar-refractivity contribution in [3.8, 4) is 0 Å². The fourth-order valence-electron chi connectivity index (χ4n) is 2.51. The van der Waals surface area contributed by atoms with Gasteiger partial charge in [-0.2, -0.15) is 0 Å². The lowest BCUT2D eigenvalue weighted by Crippen LogP contribution is -2.20. The van der Waals surface area contributed by atoms with Gasteiger partial charge in [-0.05, 0) is 37.5 Å². The molecular formula is C22H40O4. The van der Waals surface area contributed by atoms with Crippen LogP contribution in [0.4, 0.5) is 0 Å². The molecule has 0 aliphatic rings. The Balaban J connectivity index is 5.46. The van der Waals surface area contributed by atoms with Crippen LogP contribution in [-0.4, -0.2) is 25.2 Å². The van der Waals surface area contributed by atoms with Gasteiger partial charge in [0.2, 0.25) is 0 Å². The van der Waals surface area contributed by atoms with Gasteiger partial charge in [-0.3, -0.25) is 0 Å². The zero-order chi connectivity index (χ0) is 19.9. The van der Waals surface area contributed by atoms with Crippen molar-refractivity contribution in [2.45, 2.75) is 92.9 Å². The van der Waals surface area contributed by atoms with Gasteiger partial charge in [-0.1, -0.05) is 67.2 Å². The highest BCUT2D eigenvalue weighted by Crippen LogP contribution is 2.22. The molecular weight excluding hydrogens is 328 g/mol. The predicted octanol–water partition coefficient (Wildman–Crippen LogP) is 5.84. The van der Waals surface area contributed by atoms with E-state index < -0.39 is 0 Å². The van der Waals surface area contributed by atoms with Crippen molar-refractivity contribution < 1.29 is 19.1 Å². The monoisotopic (exact) mass is 368 g/mol. The van der Waals surface area contributed by atoms with Crippen molar-refractivity contribution in [2.75, 3.05) is 13.2 Å². The third-order valence-corrected chi connectivity index (χ3v) is 4.01. The predicted molar refractivity (Wildman–Crippen MR) is 107 cm³/mol. The van der Waals surface area contributed by atoms with E-state index in [4.69, 9.17) is 9.47 Å². The quantitative estimate of drug-likeness (QED) is 0.219. The average molecular weight is 369 g/mol. The van der Waals surface area contributed by atoms with Gasteiger partial charge in [-0.15, -0.1) is 0 Å². The van der Waals surface area contributed by atoms with Crippen LogP contribution in [0.5, 0.6) is 0 Å². The molecule has 0 amide bonds. The van der Waals surface area contributed by atoms with Crippen LogP contribution in [-0.2, 0) is 19.1 Å². The van der Waals surface area contributed by atoms with Crippen molar-refractivity contribution in [1.29, 1.82) is 0 Å². The standard InChI is InChI=1S/C22H40O4/c1-7-9-11-13-19(21(23)25-15-17(3)4)20(14-12-10-8-2)22(24)26-16-18(5)6/h17-18H,7-16H2,1-6H3. The highest BCUT2D eigenvalue weighted by molar-refractivity contribution is 6.00. The molecule has 0 fully saturated rings. The number of hydrogen-bond donors (Lipinski definition) is 0. The molecule has 0 radical (unpaired) electrons. The Morgan fingerprint density at radius 1 is 0.654 bits per heavy atom. The summed E-state index contributed by atoms with van der Waals surface area (Å²) in [5, 5.41) is 0. The summed E-state index contributed by atoms with van der Waals surface area (Å²) in [7, 11) is 0. The van der Waals surface area contributed by atoms with Crippen molar-refractivity contribution in [2.24, 2.45) is 11.8 Å². The first-order chi connectivity index (χ1) is 12.3. The van der Waals surface area contributed by atoms with Crippen molar-refractivity contribution in [3.63, 3.8) is 0 Å². The third kappa shape index (κ3) is 11.3. The molecule has 0 bridgehead atoms. The maximum Gasteiger partial charge on any atom is 0.334 e. The SMILES string of the molecule is CCCCCC(C(=O)OCC(C)C)=C(CCCCC)C(=O)OCC(C)C. The van der Waals surface area contributed by atoms with E-state index in [-0.39, 0.29) is 23.8 Å². The van der Waals surface area contributed by atoms with E-state index in [2.05, 4.69) is 13.8 Å². The minimum atomic E-state index is -0.345. The second kappa shape index (κ2) is 14.8. The summed E-state index contributed by atoms with van der Waals surface area (Å²) >= 11 is 0. The Labute approximate surface area is 160 Å². The minimum absolute atomic E-state index is 0.271. The lowest BCUT2D eigenvalue weighted by molar-refractivity contribution is -0.143. The van der Waals surface area contributed by atoms with E-state index in [0.29, 0.717) is 37.2 Å². The molecule has 0 unspecified atom stereocenters. The van der Waals surface area contributed by atoms with Crippen LogP contribution in [0.25, 0.3) is 0 Å². The van der Waals surface area contributed by atoms with Gasteiger partial charge in [0.15, 0.2) is 0 Å². The number of rotatable bonds is 14. The maximum atomic E-state index is 12.7. The van der Waals surface area contributed by atoms with Crippen LogP contribution in [0.15, 0.2) is 11.1 Å². The summed E-state index contributed by atoms with van der Waals surface area (Å²) in [5.74, 6) is -0.148. The second-order valence-corrected chi connectivity index (χ2v) is 7.86. The first kappa shape index (κ1) is 24.7. The maximum absolute atomic E-state index is 12.7. The number of carbonyl (C=O) groups is 2. The largest absolute Gasteiger partial charge is 0.462 e. The third-order valence-electron chi connectivity index (χ3n) is 4.01. The van der Waals surface area contributed by atoms with Gasteiger partial charge >= 0.3 is 11.9 Å². The van der Waals surface area contributed by atoms with E-state index in [1.807, 2.05) is 27.7 Å². The highest BCUT2D eigenvalue weighted by Gasteiger charge is 2.23. The fraction of sp³-hybridized carbons (Fsp3) is 0.818. The van der Waals surface area contributed by atoms with Crippen LogP contribution >= 0.6 is 0 Å². The molecule has 4 heteroatoms. The molecule has 0 atom stereocenters. The lowest BCUT2D eigenvalue weighted by Gasteiger charge is -2.16. The van der Waals surface area contributed by atoms with E-state index in [9.17, 15) is 9.59 Å². The van der Waals surface area contributed by atoms with Gasteiger partial charge in [-0.25, -0.2) is 9.59 Å². The summed E-state index contributed by atoms with van der Waals surface area (Å²) in [5.41, 5.74) is 1.06. The fourth-order valence-corrected chi connectivity index (χ4v) is 2.51. The highest BCUT2D eigenvalue weighted by atomic mass is 16.5. The Hall–Kier alpha value is -1.32. The molecule has 4 nitrogen and oxygen atoms in total.